The Morgan fingerprint density at radius 1 is 0.971 bits per heavy atom. The van der Waals surface area contributed by atoms with E-state index in [2.05, 4.69) is 27.7 Å². The zero-order valence-corrected chi connectivity index (χ0v) is 21.5. The molecule has 0 spiro atoms. The van der Waals surface area contributed by atoms with Crippen molar-refractivity contribution in [1.29, 1.82) is 0 Å². The summed E-state index contributed by atoms with van der Waals surface area (Å²) < 4.78 is 0. The van der Waals surface area contributed by atoms with Crippen molar-refractivity contribution in [3.63, 3.8) is 0 Å². The minimum atomic E-state index is -0.785. The molecule has 0 aromatic heterocycles. The van der Waals surface area contributed by atoms with Crippen LogP contribution in [0.5, 0.6) is 0 Å². The van der Waals surface area contributed by atoms with E-state index in [-0.39, 0.29) is 16.7 Å². The van der Waals surface area contributed by atoms with Crippen LogP contribution in [-0.2, 0) is 21.4 Å². The van der Waals surface area contributed by atoms with Gasteiger partial charge in [0.1, 0.15) is 5.76 Å². The van der Waals surface area contributed by atoms with E-state index in [0.29, 0.717) is 16.3 Å². The van der Waals surface area contributed by atoms with E-state index in [1.54, 1.807) is 24.3 Å². The molecule has 1 aliphatic rings. The predicted octanol–water partition coefficient (Wildman–Crippen LogP) is 7.13. The number of hydrogen-bond acceptors (Lipinski definition) is 3. The number of carbonyl (C=O) groups excluding carboxylic acids is 2. The second kappa shape index (κ2) is 9.35. The SMILES string of the molecule is CCc1ccc(/C(O)=C2\C(=O)C(=O)N(c3cc(Cl)ccc3C)C2c2ccc(C(C)(C)C)cc2)cc1. The van der Waals surface area contributed by atoms with Gasteiger partial charge < -0.3 is 5.11 Å². The van der Waals surface area contributed by atoms with E-state index in [4.69, 9.17) is 11.6 Å². The van der Waals surface area contributed by atoms with Crippen LogP contribution in [0.2, 0.25) is 5.02 Å². The Labute approximate surface area is 211 Å². The number of aliphatic hydroxyl groups is 1. The molecule has 1 saturated heterocycles. The fourth-order valence-electron chi connectivity index (χ4n) is 4.46. The standard InChI is InChI=1S/C30H30ClNO3/c1-6-19-8-10-21(11-9-19)27(33)25-26(20-12-14-22(15-13-20)30(3,4)5)32(29(35)28(25)34)24-17-23(31)16-7-18(24)2/h7-17,26,33H,6H2,1-5H3/b27-25+. The molecular formula is C30H30ClNO3. The summed E-state index contributed by atoms with van der Waals surface area (Å²) in [5.41, 5.74) is 4.86. The maximum Gasteiger partial charge on any atom is 0.300 e. The quantitative estimate of drug-likeness (QED) is 0.242. The summed E-state index contributed by atoms with van der Waals surface area (Å²) in [5.74, 6) is -1.59. The third-order valence-electron chi connectivity index (χ3n) is 6.60. The number of anilines is 1. The molecule has 35 heavy (non-hydrogen) atoms. The second-order valence-electron chi connectivity index (χ2n) is 10.0. The van der Waals surface area contributed by atoms with E-state index in [1.165, 1.54) is 4.90 Å². The van der Waals surface area contributed by atoms with Gasteiger partial charge in [0.15, 0.2) is 0 Å². The minimum absolute atomic E-state index is 0.0507. The van der Waals surface area contributed by atoms with Gasteiger partial charge in [-0.15, -0.1) is 0 Å². The van der Waals surface area contributed by atoms with Gasteiger partial charge >= 0.3 is 0 Å². The summed E-state index contributed by atoms with van der Waals surface area (Å²) in [6.45, 7) is 10.3. The van der Waals surface area contributed by atoms with Crippen molar-refractivity contribution in [2.24, 2.45) is 0 Å². The Morgan fingerprint density at radius 2 is 1.60 bits per heavy atom. The van der Waals surface area contributed by atoms with Crippen LogP contribution in [0.4, 0.5) is 5.69 Å². The van der Waals surface area contributed by atoms with Crippen LogP contribution in [0.3, 0.4) is 0 Å². The summed E-state index contributed by atoms with van der Waals surface area (Å²) in [6.07, 6.45) is 0.861. The molecule has 1 N–H and O–H groups in total. The maximum absolute atomic E-state index is 13.4. The molecule has 0 radical (unpaired) electrons. The molecule has 3 aromatic rings. The first-order valence-electron chi connectivity index (χ1n) is 11.8. The molecule has 0 bridgehead atoms. The van der Waals surface area contributed by atoms with Crippen molar-refractivity contribution >= 4 is 34.7 Å². The molecule has 1 unspecified atom stereocenters. The third kappa shape index (κ3) is 4.63. The van der Waals surface area contributed by atoms with Crippen molar-refractivity contribution in [3.05, 3.63) is 105 Å². The lowest BCUT2D eigenvalue weighted by Crippen LogP contribution is -2.30. The van der Waals surface area contributed by atoms with Gasteiger partial charge in [-0.05, 0) is 53.1 Å². The highest BCUT2D eigenvalue weighted by Crippen LogP contribution is 2.44. The smallest absolute Gasteiger partial charge is 0.300 e. The average Bonchev–Trinajstić information content (AvgIpc) is 3.10. The van der Waals surface area contributed by atoms with Crippen molar-refractivity contribution < 1.29 is 14.7 Å². The van der Waals surface area contributed by atoms with Gasteiger partial charge in [-0.2, -0.15) is 0 Å². The summed E-state index contributed by atoms with van der Waals surface area (Å²) in [6, 6.07) is 19.7. The predicted molar refractivity (Wildman–Crippen MR) is 142 cm³/mol. The van der Waals surface area contributed by atoms with Gasteiger partial charge in [-0.3, -0.25) is 14.5 Å². The summed E-state index contributed by atoms with van der Waals surface area (Å²) in [4.78, 5) is 28.3. The Bertz CT molecular complexity index is 1320. The van der Waals surface area contributed by atoms with Gasteiger partial charge in [0.2, 0.25) is 0 Å². The number of ketones is 1. The third-order valence-corrected chi connectivity index (χ3v) is 6.84. The van der Waals surface area contributed by atoms with Crippen LogP contribution >= 0.6 is 11.6 Å². The Kier molecular flexibility index (Phi) is 6.61. The molecule has 1 amide bonds. The molecule has 5 heteroatoms. The number of nitrogens with zero attached hydrogens (tertiary/aromatic N) is 1. The van der Waals surface area contributed by atoms with Gasteiger partial charge in [0.25, 0.3) is 11.7 Å². The molecule has 0 aliphatic carbocycles. The first-order chi connectivity index (χ1) is 16.5. The number of rotatable bonds is 4. The molecule has 3 aromatic carbocycles. The van der Waals surface area contributed by atoms with Crippen molar-refractivity contribution in [2.75, 3.05) is 4.90 Å². The van der Waals surface area contributed by atoms with Crippen LogP contribution in [0, 0.1) is 6.92 Å². The minimum Gasteiger partial charge on any atom is -0.507 e. The number of amides is 1. The fourth-order valence-corrected chi connectivity index (χ4v) is 4.62. The Morgan fingerprint density at radius 3 is 2.17 bits per heavy atom. The van der Waals surface area contributed by atoms with E-state index in [0.717, 1.165) is 28.7 Å². The molecule has 1 fully saturated rings. The molecule has 0 saturated carbocycles. The highest BCUT2D eigenvalue weighted by molar-refractivity contribution is 6.52. The second-order valence-corrected chi connectivity index (χ2v) is 10.5. The van der Waals surface area contributed by atoms with Crippen molar-refractivity contribution in [1.82, 2.24) is 0 Å². The molecule has 1 atom stereocenters. The molecule has 180 valence electrons. The molecule has 4 rings (SSSR count). The van der Waals surface area contributed by atoms with Crippen molar-refractivity contribution in [3.8, 4) is 0 Å². The average molecular weight is 488 g/mol. The monoisotopic (exact) mass is 487 g/mol. The van der Waals surface area contributed by atoms with Crippen LogP contribution < -0.4 is 4.90 Å². The largest absolute Gasteiger partial charge is 0.507 e. The normalized spacial score (nSPS) is 17.8. The fraction of sp³-hybridized carbons (Fsp3) is 0.267. The van der Waals surface area contributed by atoms with E-state index < -0.39 is 17.7 Å². The zero-order valence-electron chi connectivity index (χ0n) is 20.7. The number of benzene rings is 3. The van der Waals surface area contributed by atoms with E-state index in [9.17, 15) is 14.7 Å². The first-order valence-corrected chi connectivity index (χ1v) is 12.2. The van der Waals surface area contributed by atoms with Crippen molar-refractivity contribution in [2.45, 2.75) is 52.5 Å². The molecule has 1 heterocycles. The summed E-state index contributed by atoms with van der Waals surface area (Å²) in [7, 11) is 0. The van der Waals surface area contributed by atoms with Gasteiger partial charge in [0.05, 0.1) is 11.6 Å². The van der Waals surface area contributed by atoms with Gasteiger partial charge in [-0.1, -0.05) is 93.9 Å². The van der Waals surface area contributed by atoms with E-state index >= 15 is 0 Å². The first kappa shape index (κ1) is 24.7. The van der Waals surface area contributed by atoms with Gasteiger partial charge in [0, 0.05) is 16.3 Å². The lowest BCUT2D eigenvalue weighted by atomic mass is 9.85. The Balaban J connectivity index is 1.94. The number of hydrogen-bond donors (Lipinski definition) is 1. The number of aliphatic hydroxyl groups excluding tert-OH is 1. The van der Waals surface area contributed by atoms with Gasteiger partial charge in [-0.25, -0.2) is 0 Å². The Hall–Kier alpha value is -3.37. The summed E-state index contributed by atoms with van der Waals surface area (Å²) >= 11 is 6.28. The molecule has 4 nitrogen and oxygen atoms in total. The molecule has 1 aliphatic heterocycles. The maximum atomic E-state index is 13.4. The number of halogens is 1. The lowest BCUT2D eigenvalue weighted by Gasteiger charge is -2.28. The zero-order chi connectivity index (χ0) is 25.5. The van der Waals surface area contributed by atoms with Crippen LogP contribution in [-0.4, -0.2) is 16.8 Å². The number of aryl methyl sites for hydroxylation is 2. The number of Topliss-reactive ketones (excluding diaryl/α,β-unsaturated/α-hetero) is 1. The summed E-state index contributed by atoms with van der Waals surface area (Å²) in [5, 5.41) is 11.8. The highest BCUT2D eigenvalue weighted by Gasteiger charge is 2.47. The van der Waals surface area contributed by atoms with Crippen LogP contribution in [0.15, 0.2) is 72.3 Å². The van der Waals surface area contributed by atoms with Crippen LogP contribution in [0.1, 0.15) is 61.6 Å². The lowest BCUT2D eigenvalue weighted by molar-refractivity contribution is -0.132. The van der Waals surface area contributed by atoms with E-state index in [1.807, 2.05) is 49.4 Å². The topological polar surface area (TPSA) is 57.6 Å². The van der Waals surface area contributed by atoms with Crippen LogP contribution in [0.25, 0.3) is 5.76 Å². The molecular weight excluding hydrogens is 458 g/mol. The highest BCUT2D eigenvalue weighted by atomic mass is 35.5. The number of carbonyl (C=O) groups is 2.